The van der Waals surface area contributed by atoms with E-state index in [0.717, 1.165) is 11.1 Å². The minimum atomic E-state index is -0.594. The maximum atomic E-state index is 9.59. The van der Waals surface area contributed by atoms with Crippen LogP contribution < -0.4 is 5.73 Å². The second-order valence-corrected chi connectivity index (χ2v) is 3.55. The number of aliphatic hydroxyl groups excluding tert-OH is 1. The van der Waals surface area contributed by atoms with E-state index in [1.165, 1.54) is 0 Å². The van der Waals surface area contributed by atoms with Gasteiger partial charge >= 0.3 is 0 Å². The number of hydrogen-bond acceptors (Lipinski definition) is 2. The fraction of sp³-hybridized carbons (Fsp3) is 0.556. The maximum Gasteiger partial charge on any atom is 0.0963 e. The molecule has 3 N–H and O–H groups in total. The van der Waals surface area contributed by atoms with Crippen LogP contribution in [0.4, 0.5) is 0 Å². The summed E-state index contributed by atoms with van der Waals surface area (Å²) < 4.78 is 0. The molecule has 0 amide bonds. The Hall–Kier alpha value is -0.600. The molecule has 11 heavy (non-hydrogen) atoms. The van der Waals surface area contributed by atoms with Gasteiger partial charge in [0.2, 0.25) is 0 Å². The van der Waals surface area contributed by atoms with E-state index in [-0.39, 0.29) is 0 Å². The van der Waals surface area contributed by atoms with Gasteiger partial charge in [0, 0.05) is 0 Å². The Kier molecular flexibility index (Phi) is 1.90. The van der Waals surface area contributed by atoms with Gasteiger partial charge in [-0.25, -0.2) is 0 Å². The number of hydrogen-bond donors (Lipinski definition) is 2. The van der Waals surface area contributed by atoms with Crippen molar-refractivity contribution in [2.75, 3.05) is 0 Å². The van der Waals surface area contributed by atoms with E-state index in [1.54, 1.807) is 0 Å². The highest BCUT2D eigenvalue weighted by Gasteiger charge is 2.29. The van der Waals surface area contributed by atoms with Crippen molar-refractivity contribution in [1.82, 2.24) is 0 Å². The first-order chi connectivity index (χ1) is 4.93. The molecule has 0 aromatic heterocycles. The molecule has 0 heterocycles. The van der Waals surface area contributed by atoms with E-state index < -0.39 is 11.6 Å². The van der Waals surface area contributed by atoms with E-state index >= 15 is 0 Å². The standard InChI is InChI=1S/C9H15NO/c1-6-4-7(2)8(11)9(3,10)5-6/h4-5,8,11H,10H2,1-3H3. The van der Waals surface area contributed by atoms with Gasteiger partial charge in [-0.15, -0.1) is 0 Å². The molecule has 0 saturated carbocycles. The summed E-state index contributed by atoms with van der Waals surface area (Å²) >= 11 is 0. The first kappa shape index (κ1) is 8.50. The van der Waals surface area contributed by atoms with Crippen molar-refractivity contribution in [1.29, 1.82) is 0 Å². The highest BCUT2D eigenvalue weighted by atomic mass is 16.3. The second kappa shape index (κ2) is 2.47. The molecule has 2 heteroatoms. The van der Waals surface area contributed by atoms with Gasteiger partial charge in [0.25, 0.3) is 0 Å². The Bertz CT molecular complexity index is 226. The second-order valence-electron chi connectivity index (χ2n) is 3.55. The number of aliphatic hydroxyl groups is 1. The van der Waals surface area contributed by atoms with Crippen molar-refractivity contribution >= 4 is 0 Å². The van der Waals surface area contributed by atoms with Crippen LogP contribution in [0, 0.1) is 0 Å². The molecule has 0 fully saturated rings. The predicted molar refractivity (Wildman–Crippen MR) is 46.1 cm³/mol. The largest absolute Gasteiger partial charge is 0.386 e. The molecule has 0 radical (unpaired) electrons. The van der Waals surface area contributed by atoms with Crippen molar-refractivity contribution in [3.63, 3.8) is 0 Å². The third-order valence-corrected chi connectivity index (χ3v) is 2.01. The fourth-order valence-corrected chi connectivity index (χ4v) is 1.54. The molecule has 0 aromatic rings. The SMILES string of the molecule is CC1=CC(C)(N)C(O)C(C)=C1. The monoisotopic (exact) mass is 153 g/mol. The maximum absolute atomic E-state index is 9.59. The first-order valence-corrected chi connectivity index (χ1v) is 3.78. The van der Waals surface area contributed by atoms with Gasteiger partial charge in [-0.05, 0) is 26.3 Å². The van der Waals surface area contributed by atoms with Gasteiger partial charge in [0.05, 0.1) is 11.6 Å². The molecular weight excluding hydrogens is 138 g/mol. The number of rotatable bonds is 0. The zero-order chi connectivity index (χ0) is 8.65. The quantitative estimate of drug-likeness (QED) is 0.544. The Labute approximate surface area is 67.4 Å². The van der Waals surface area contributed by atoms with Crippen LogP contribution in [-0.4, -0.2) is 16.7 Å². The van der Waals surface area contributed by atoms with Crippen LogP contribution in [0.1, 0.15) is 20.8 Å². The van der Waals surface area contributed by atoms with Crippen molar-refractivity contribution in [2.24, 2.45) is 5.73 Å². The molecule has 0 bridgehead atoms. The highest BCUT2D eigenvalue weighted by Crippen LogP contribution is 2.23. The van der Waals surface area contributed by atoms with Crippen molar-refractivity contribution in [2.45, 2.75) is 32.4 Å². The molecule has 1 aliphatic rings. The molecule has 2 atom stereocenters. The molecule has 2 nitrogen and oxygen atoms in total. The molecule has 0 spiro atoms. The minimum Gasteiger partial charge on any atom is -0.386 e. The summed E-state index contributed by atoms with van der Waals surface area (Å²) in [5.74, 6) is 0. The zero-order valence-electron chi connectivity index (χ0n) is 7.26. The Balaban J connectivity index is 3.01. The molecule has 1 rings (SSSR count). The smallest absolute Gasteiger partial charge is 0.0963 e. The molecule has 1 aliphatic carbocycles. The van der Waals surface area contributed by atoms with Crippen LogP contribution in [0.2, 0.25) is 0 Å². The number of allylic oxidation sites excluding steroid dienone is 2. The summed E-state index contributed by atoms with van der Waals surface area (Å²) in [6.07, 6.45) is 3.32. The third kappa shape index (κ3) is 1.52. The zero-order valence-corrected chi connectivity index (χ0v) is 7.26. The molecular formula is C9H15NO. The summed E-state index contributed by atoms with van der Waals surface area (Å²) in [5.41, 5.74) is 7.30. The van der Waals surface area contributed by atoms with Crippen LogP contribution in [0.25, 0.3) is 0 Å². The van der Waals surface area contributed by atoms with Gasteiger partial charge in [-0.3, -0.25) is 0 Å². The van der Waals surface area contributed by atoms with Crippen LogP contribution >= 0.6 is 0 Å². The predicted octanol–water partition coefficient (Wildman–Crippen LogP) is 0.971. The highest BCUT2D eigenvalue weighted by molar-refractivity contribution is 5.35. The van der Waals surface area contributed by atoms with Crippen LogP contribution in [0.5, 0.6) is 0 Å². The summed E-state index contributed by atoms with van der Waals surface area (Å²) in [4.78, 5) is 0. The fourth-order valence-electron chi connectivity index (χ4n) is 1.54. The average molecular weight is 153 g/mol. The summed E-state index contributed by atoms with van der Waals surface area (Å²) in [6, 6.07) is 0. The molecule has 0 saturated heterocycles. The van der Waals surface area contributed by atoms with Crippen LogP contribution in [0.15, 0.2) is 23.3 Å². The van der Waals surface area contributed by atoms with Gasteiger partial charge in [-0.2, -0.15) is 0 Å². The number of nitrogens with two attached hydrogens (primary N) is 1. The van der Waals surface area contributed by atoms with Gasteiger partial charge in [0.15, 0.2) is 0 Å². The Morgan fingerprint density at radius 2 is 2.09 bits per heavy atom. The van der Waals surface area contributed by atoms with Gasteiger partial charge in [0.1, 0.15) is 0 Å². The molecule has 0 aliphatic heterocycles. The van der Waals surface area contributed by atoms with Crippen LogP contribution in [-0.2, 0) is 0 Å². The third-order valence-electron chi connectivity index (χ3n) is 2.01. The molecule has 0 aromatic carbocycles. The lowest BCUT2D eigenvalue weighted by molar-refractivity contribution is 0.150. The van der Waals surface area contributed by atoms with Crippen molar-refractivity contribution in [3.05, 3.63) is 23.3 Å². The van der Waals surface area contributed by atoms with Crippen LogP contribution in [0.3, 0.4) is 0 Å². The van der Waals surface area contributed by atoms with E-state index in [1.807, 2.05) is 32.9 Å². The van der Waals surface area contributed by atoms with E-state index in [0.29, 0.717) is 0 Å². The minimum absolute atomic E-state index is 0.536. The van der Waals surface area contributed by atoms with Gasteiger partial charge < -0.3 is 10.8 Å². The summed E-state index contributed by atoms with van der Waals surface area (Å²) in [7, 11) is 0. The van der Waals surface area contributed by atoms with E-state index in [9.17, 15) is 5.11 Å². The average Bonchev–Trinajstić information content (AvgIpc) is 1.81. The van der Waals surface area contributed by atoms with E-state index in [2.05, 4.69) is 0 Å². The van der Waals surface area contributed by atoms with E-state index in [4.69, 9.17) is 5.73 Å². The lowest BCUT2D eigenvalue weighted by Crippen LogP contribution is -2.48. The molecule has 2 unspecified atom stereocenters. The molecule has 62 valence electrons. The first-order valence-electron chi connectivity index (χ1n) is 3.78. The lowest BCUT2D eigenvalue weighted by Gasteiger charge is -2.31. The summed E-state index contributed by atoms with van der Waals surface area (Å²) in [6.45, 7) is 5.71. The van der Waals surface area contributed by atoms with Crippen molar-refractivity contribution < 1.29 is 5.11 Å². The van der Waals surface area contributed by atoms with Crippen molar-refractivity contribution in [3.8, 4) is 0 Å². The lowest BCUT2D eigenvalue weighted by atomic mass is 9.84. The topological polar surface area (TPSA) is 46.2 Å². The Morgan fingerprint density at radius 1 is 1.55 bits per heavy atom. The normalized spacial score (nSPS) is 38.1. The Morgan fingerprint density at radius 3 is 2.55 bits per heavy atom. The summed E-state index contributed by atoms with van der Waals surface area (Å²) in [5, 5.41) is 9.59. The van der Waals surface area contributed by atoms with Gasteiger partial charge in [-0.1, -0.05) is 17.7 Å².